The molecule has 0 bridgehead atoms. The van der Waals surface area contributed by atoms with Crippen LogP contribution in [0.4, 0.5) is 5.69 Å². The Morgan fingerprint density at radius 3 is 2.44 bits per heavy atom. The molecule has 2 saturated heterocycles. The molecule has 0 aliphatic carbocycles. The van der Waals surface area contributed by atoms with Crippen molar-refractivity contribution in [3.05, 3.63) is 29.8 Å². The summed E-state index contributed by atoms with van der Waals surface area (Å²) in [7, 11) is 0. The van der Waals surface area contributed by atoms with E-state index in [1.807, 2.05) is 18.2 Å². The van der Waals surface area contributed by atoms with Crippen LogP contribution in [0.2, 0.25) is 0 Å². The van der Waals surface area contributed by atoms with Gasteiger partial charge in [-0.3, -0.25) is 4.79 Å². The normalized spacial score (nSPS) is 20.8. The van der Waals surface area contributed by atoms with E-state index in [9.17, 15) is 4.79 Å². The lowest BCUT2D eigenvalue weighted by atomic mass is 9.86. The molecule has 1 N–H and O–H groups in total. The van der Waals surface area contributed by atoms with Gasteiger partial charge in [-0.15, -0.1) is 0 Å². The van der Waals surface area contributed by atoms with Crippen LogP contribution in [0.1, 0.15) is 45.6 Å². The summed E-state index contributed by atoms with van der Waals surface area (Å²) in [5.41, 5.74) is 2.09. The van der Waals surface area contributed by atoms with Crippen LogP contribution in [-0.2, 0) is 19.7 Å². The van der Waals surface area contributed by atoms with E-state index >= 15 is 0 Å². The Morgan fingerprint density at radius 2 is 1.80 bits per heavy atom. The molecule has 2 aliphatic heterocycles. The van der Waals surface area contributed by atoms with Crippen LogP contribution in [0.15, 0.2) is 24.3 Å². The fourth-order valence-electron chi connectivity index (χ4n) is 3.62. The molecule has 2 heterocycles. The maximum Gasteiger partial charge on any atom is 0.225 e. The second-order valence-electron chi connectivity index (χ2n) is 8.04. The van der Waals surface area contributed by atoms with Crippen molar-refractivity contribution >= 4 is 11.6 Å². The maximum absolute atomic E-state index is 12.4. The van der Waals surface area contributed by atoms with Gasteiger partial charge < -0.3 is 19.7 Å². The van der Waals surface area contributed by atoms with Gasteiger partial charge >= 0.3 is 0 Å². The second-order valence-corrected chi connectivity index (χ2v) is 8.04. The van der Waals surface area contributed by atoms with Crippen LogP contribution in [0.3, 0.4) is 0 Å². The molecule has 3 rings (SSSR count). The summed E-state index contributed by atoms with van der Waals surface area (Å²) >= 11 is 0. The van der Waals surface area contributed by atoms with Gasteiger partial charge in [-0.25, -0.2) is 0 Å². The van der Waals surface area contributed by atoms with Gasteiger partial charge in [-0.1, -0.05) is 39.0 Å². The molecule has 1 aromatic rings. The van der Waals surface area contributed by atoms with Crippen LogP contribution in [-0.4, -0.2) is 49.4 Å². The number of piperidine rings is 1. The molecule has 0 atom stereocenters. The number of nitrogens with zero attached hydrogens (tertiary/aromatic N) is 1. The lowest BCUT2D eigenvalue weighted by Gasteiger charge is -2.37. The predicted octanol–water partition coefficient (Wildman–Crippen LogP) is 3.15. The summed E-state index contributed by atoms with van der Waals surface area (Å²) in [6.45, 7) is 10.5. The SMILES string of the molecule is CC(C)(C)c1ccccc1NC(=O)CCN1CCC2(CC1)OCCO2. The average molecular weight is 346 g/mol. The van der Waals surface area contributed by atoms with E-state index in [0.717, 1.165) is 38.2 Å². The van der Waals surface area contributed by atoms with Gasteiger partial charge in [-0.2, -0.15) is 0 Å². The Kier molecular flexibility index (Phi) is 5.46. The summed E-state index contributed by atoms with van der Waals surface area (Å²) in [5.74, 6) is -0.268. The zero-order valence-corrected chi connectivity index (χ0v) is 15.6. The van der Waals surface area contributed by atoms with E-state index in [0.29, 0.717) is 19.6 Å². The fourth-order valence-corrected chi connectivity index (χ4v) is 3.62. The van der Waals surface area contributed by atoms with E-state index in [-0.39, 0.29) is 17.1 Å². The van der Waals surface area contributed by atoms with E-state index in [2.05, 4.69) is 37.1 Å². The van der Waals surface area contributed by atoms with Crippen molar-refractivity contribution < 1.29 is 14.3 Å². The molecule has 5 heteroatoms. The van der Waals surface area contributed by atoms with E-state index in [4.69, 9.17) is 9.47 Å². The number of amides is 1. The van der Waals surface area contributed by atoms with Gasteiger partial charge in [0.1, 0.15) is 0 Å². The molecule has 2 fully saturated rings. The fraction of sp³-hybridized carbons (Fsp3) is 0.650. The summed E-state index contributed by atoms with van der Waals surface area (Å²) in [6.07, 6.45) is 2.29. The van der Waals surface area contributed by atoms with Gasteiger partial charge in [0.15, 0.2) is 5.79 Å². The summed E-state index contributed by atoms with van der Waals surface area (Å²) in [5, 5.41) is 3.09. The summed E-state index contributed by atoms with van der Waals surface area (Å²) in [4.78, 5) is 14.7. The first-order valence-corrected chi connectivity index (χ1v) is 9.28. The number of rotatable bonds is 4. The lowest BCUT2D eigenvalue weighted by molar-refractivity contribution is -0.185. The van der Waals surface area contributed by atoms with E-state index < -0.39 is 0 Å². The third-order valence-electron chi connectivity index (χ3n) is 5.10. The minimum atomic E-state index is -0.343. The third kappa shape index (κ3) is 4.60. The molecular weight excluding hydrogens is 316 g/mol. The molecule has 1 amide bonds. The van der Waals surface area contributed by atoms with Gasteiger partial charge in [0.25, 0.3) is 0 Å². The minimum absolute atomic E-state index is 0.00629. The van der Waals surface area contributed by atoms with Crippen molar-refractivity contribution in [3.8, 4) is 0 Å². The lowest BCUT2D eigenvalue weighted by Crippen LogP contribution is -2.45. The van der Waals surface area contributed by atoms with Gasteiger partial charge in [0.2, 0.25) is 5.91 Å². The zero-order chi connectivity index (χ0) is 17.9. The van der Waals surface area contributed by atoms with Crippen molar-refractivity contribution in [3.63, 3.8) is 0 Å². The maximum atomic E-state index is 12.4. The van der Waals surface area contributed by atoms with Crippen LogP contribution in [0.5, 0.6) is 0 Å². The number of anilines is 1. The van der Waals surface area contributed by atoms with E-state index in [1.54, 1.807) is 0 Å². The number of para-hydroxylation sites is 1. The third-order valence-corrected chi connectivity index (χ3v) is 5.10. The number of nitrogens with one attached hydrogen (secondary N) is 1. The van der Waals surface area contributed by atoms with Gasteiger partial charge in [0.05, 0.1) is 13.2 Å². The molecule has 0 saturated carbocycles. The quantitative estimate of drug-likeness (QED) is 0.910. The first-order chi connectivity index (χ1) is 11.9. The largest absolute Gasteiger partial charge is 0.347 e. The summed E-state index contributed by atoms with van der Waals surface area (Å²) < 4.78 is 11.5. The Bertz CT molecular complexity index is 593. The molecule has 0 aromatic heterocycles. The number of hydrogen-bond acceptors (Lipinski definition) is 4. The number of carbonyl (C=O) groups excluding carboxylic acids is 1. The Hall–Kier alpha value is -1.43. The van der Waals surface area contributed by atoms with Crippen molar-refractivity contribution in [2.45, 2.75) is 51.2 Å². The highest BCUT2D eigenvalue weighted by molar-refractivity contribution is 5.91. The minimum Gasteiger partial charge on any atom is -0.347 e. The van der Waals surface area contributed by atoms with Crippen molar-refractivity contribution in [1.29, 1.82) is 0 Å². The molecule has 1 spiro atoms. The molecule has 0 unspecified atom stereocenters. The first-order valence-electron chi connectivity index (χ1n) is 9.28. The summed E-state index contributed by atoms with van der Waals surface area (Å²) in [6, 6.07) is 8.06. The molecule has 1 aromatic carbocycles. The molecule has 0 radical (unpaired) electrons. The van der Waals surface area contributed by atoms with Crippen molar-refractivity contribution in [2.75, 3.05) is 38.2 Å². The second kappa shape index (κ2) is 7.44. The smallest absolute Gasteiger partial charge is 0.225 e. The Morgan fingerprint density at radius 1 is 1.16 bits per heavy atom. The van der Waals surface area contributed by atoms with Crippen LogP contribution in [0.25, 0.3) is 0 Å². The number of likely N-dealkylation sites (tertiary alicyclic amines) is 1. The first kappa shape index (κ1) is 18.4. The molecule has 25 heavy (non-hydrogen) atoms. The molecule has 2 aliphatic rings. The highest BCUT2D eigenvalue weighted by atomic mass is 16.7. The van der Waals surface area contributed by atoms with Crippen molar-refractivity contribution in [1.82, 2.24) is 4.90 Å². The monoisotopic (exact) mass is 346 g/mol. The molecule has 5 nitrogen and oxygen atoms in total. The van der Waals surface area contributed by atoms with E-state index in [1.165, 1.54) is 5.56 Å². The van der Waals surface area contributed by atoms with Gasteiger partial charge in [0, 0.05) is 44.6 Å². The Labute approximate surface area is 150 Å². The van der Waals surface area contributed by atoms with Crippen LogP contribution in [0, 0.1) is 0 Å². The predicted molar refractivity (Wildman–Crippen MR) is 98.7 cm³/mol. The van der Waals surface area contributed by atoms with Crippen LogP contribution >= 0.6 is 0 Å². The highest BCUT2D eigenvalue weighted by Gasteiger charge is 2.39. The van der Waals surface area contributed by atoms with Crippen molar-refractivity contribution in [2.24, 2.45) is 0 Å². The number of hydrogen-bond donors (Lipinski definition) is 1. The highest BCUT2D eigenvalue weighted by Crippen LogP contribution is 2.31. The number of carbonyl (C=O) groups is 1. The number of benzene rings is 1. The topological polar surface area (TPSA) is 50.8 Å². The number of ether oxygens (including phenoxy) is 2. The molecular formula is C20H30N2O3. The zero-order valence-electron chi connectivity index (χ0n) is 15.6. The molecule has 138 valence electrons. The van der Waals surface area contributed by atoms with Gasteiger partial charge in [-0.05, 0) is 17.0 Å². The Balaban J connectivity index is 1.48. The average Bonchev–Trinajstić information content (AvgIpc) is 3.02. The standard InChI is InChI=1S/C20H30N2O3/c1-19(2,3)16-6-4-5-7-17(16)21-18(23)8-11-22-12-9-20(10-13-22)24-14-15-25-20/h4-7H,8-15H2,1-3H3,(H,21,23). The van der Waals surface area contributed by atoms with Crippen LogP contribution < -0.4 is 5.32 Å².